The highest BCUT2D eigenvalue weighted by Gasteiger charge is 2.38. The van der Waals surface area contributed by atoms with Crippen molar-refractivity contribution in [2.75, 3.05) is 13.1 Å². The lowest BCUT2D eigenvalue weighted by atomic mass is 10.1. The molecule has 1 aliphatic rings. The van der Waals surface area contributed by atoms with Crippen molar-refractivity contribution in [1.29, 1.82) is 0 Å². The van der Waals surface area contributed by atoms with Crippen molar-refractivity contribution < 1.29 is 19.4 Å². The number of amides is 1. The molecule has 1 saturated heterocycles. The number of carboxylic acid groups (broad SMARTS) is 1. The van der Waals surface area contributed by atoms with Crippen LogP contribution in [-0.4, -0.2) is 52.8 Å². The molecule has 6 nitrogen and oxygen atoms in total. The summed E-state index contributed by atoms with van der Waals surface area (Å²) in [6, 6.07) is -1.06. The molecule has 98 valence electrons. The van der Waals surface area contributed by atoms with Gasteiger partial charge in [0.15, 0.2) is 0 Å². The number of nitrogens with zero attached hydrogens (tertiary/aromatic N) is 1. The number of nitrogens with one attached hydrogen (secondary N) is 1. The highest BCUT2D eigenvalue weighted by molar-refractivity contribution is 5.81. The number of piperazine rings is 1. The third-order valence-electron chi connectivity index (χ3n) is 2.48. The lowest BCUT2D eigenvalue weighted by molar-refractivity contribution is -0.144. The summed E-state index contributed by atoms with van der Waals surface area (Å²) < 4.78 is 5.22. The van der Waals surface area contributed by atoms with Gasteiger partial charge in [-0.3, -0.25) is 4.90 Å². The number of carbonyl (C=O) groups excluding carboxylic acids is 1. The second-order valence-corrected chi connectivity index (χ2v) is 5.25. The van der Waals surface area contributed by atoms with Gasteiger partial charge < -0.3 is 15.2 Å². The third kappa shape index (κ3) is 3.59. The van der Waals surface area contributed by atoms with Crippen molar-refractivity contribution in [3.05, 3.63) is 0 Å². The van der Waals surface area contributed by atoms with Gasteiger partial charge in [0.25, 0.3) is 0 Å². The summed E-state index contributed by atoms with van der Waals surface area (Å²) in [6.45, 7) is 7.89. The number of carbonyl (C=O) groups is 2. The molecule has 1 aliphatic heterocycles. The fourth-order valence-corrected chi connectivity index (χ4v) is 1.76. The van der Waals surface area contributed by atoms with Crippen molar-refractivity contribution in [3.8, 4) is 0 Å². The highest BCUT2D eigenvalue weighted by atomic mass is 16.6. The van der Waals surface area contributed by atoms with E-state index in [2.05, 4.69) is 5.32 Å². The lowest BCUT2D eigenvalue weighted by Gasteiger charge is -2.39. The number of ether oxygens (including phenoxy) is 1. The van der Waals surface area contributed by atoms with E-state index in [-0.39, 0.29) is 12.6 Å². The number of hydrogen-bond acceptors (Lipinski definition) is 4. The molecule has 0 aromatic rings. The first-order valence-corrected chi connectivity index (χ1v) is 5.67. The van der Waals surface area contributed by atoms with E-state index >= 15 is 0 Å². The molecule has 1 amide bonds. The van der Waals surface area contributed by atoms with E-state index in [0.29, 0.717) is 6.54 Å². The van der Waals surface area contributed by atoms with E-state index in [4.69, 9.17) is 9.84 Å². The normalized spacial score (nSPS) is 25.5. The standard InChI is InChI=1S/C11H20N2O4/c1-7-5-12-6-8(9(14)15)13(7)10(16)17-11(2,3)4/h7-8,12H,5-6H2,1-4H3,(H,14,15)/t7-,8+/m1/s1. The number of hydrogen-bond donors (Lipinski definition) is 2. The molecule has 0 spiro atoms. The molecule has 0 unspecified atom stereocenters. The minimum absolute atomic E-state index is 0.195. The molecular weight excluding hydrogens is 224 g/mol. The summed E-state index contributed by atoms with van der Waals surface area (Å²) >= 11 is 0. The van der Waals surface area contributed by atoms with Crippen LogP contribution in [0.25, 0.3) is 0 Å². The van der Waals surface area contributed by atoms with Gasteiger partial charge >= 0.3 is 12.1 Å². The second kappa shape index (κ2) is 4.91. The Hall–Kier alpha value is -1.30. The van der Waals surface area contributed by atoms with E-state index < -0.39 is 23.7 Å². The number of rotatable bonds is 1. The Labute approximate surface area is 101 Å². The average molecular weight is 244 g/mol. The van der Waals surface area contributed by atoms with E-state index in [9.17, 15) is 9.59 Å². The maximum atomic E-state index is 12.0. The molecule has 17 heavy (non-hydrogen) atoms. The first kappa shape index (κ1) is 13.8. The molecule has 1 rings (SSSR count). The fraction of sp³-hybridized carbons (Fsp3) is 0.818. The van der Waals surface area contributed by atoms with E-state index in [1.807, 2.05) is 0 Å². The number of aliphatic carboxylic acids is 1. The maximum Gasteiger partial charge on any atom is 0.411 e. The van der Waals surface area contributed by atoms with Crippen LogP contribution >= 0.6 is 0 Å². The molecule has 1 fully saturated rings. The van der Waals surface area contributed by atoms with E-state index in [1.165, 1.54) is 4.90 Å². The molecule has 0 aromatic heterocycles. The Morgan fingerprint density at radius 1 is 1.35 bits per heavy atom. The molecule has 0 saturated carbocycles. The Bertz CT molecular complexity index is 311. The SMILES string of the molecule is C[C@@H]1CNC[C@@H](C(=O)O)N1C(=O)OC(C)(C)C. The summed E-state index contributed by atoms with van der Waals surface area (Å²) in [7, 11) is 0. The van der Waals surface area contributed by atoms with Gasteiger partial charge in [-0.2, -0.15) is 0 Å². The second-order valence-electron chi connectivity index (χ2n) is 5.25. The maximum absolute atomic E-state index is 12.0. The first-order chi connectivity index (χ1) is 7.72. The molecule has 6 heteroatoms. The van der Waals surface area contributed by atoms with Crippen molar-refractivity contribution in [2.45, 2.75) is 45.4 Å². The molecule has 0 bridgehead atoms. The van der Waals surface area contributed by atoms with Crippen LogP contribution in [0.4, 0.5) is 4.79 Å². The van der Waals surface area contributed by atoms with Gasteiger partial charge in [0.1, 0.15) is 11.6 Å². The largest absolute Gasteiger partial charge is 0.480 e. The predicted octanol–water partition coefficient (Wildman–Crippen LogP) is 0.668. The Balaban J connectivity index is 2.82. The Kier molecular flexibility index (Phi) is 3.98. The van der Waals surface area contributed by atoms with Gasteiger partial charge in [-0.15, -0.1) is 0 Å². The van der Waals surface area contributed by atoms with Gasteiger partial charge in [0.2, 0.25) is 0 Å². The molecule has 1 heterocycles. The fourth-order valence-electron chi connectivity index (χ4n) is 1.76. The minimum Gasteiger partial charge on any atom is -0.480 e. The van der Waals surface area contributed by atoms with Crippen LogP contribution in [0.2, 0.25) is 0 Å². The molecule has 2 N–H and O–H groups in total. The monoisotopic (exact) mass is 244 g/mol. The molecular formula is C11H20N2O4. The molecule has 2 atom stereocenters. The summed E-state index contributed by atoms with van der Waals surface area (Å²) in [4.78, 5) is 24.3. The van der Waals surface area contributed by atoms with Crippen LogP contribution < -0.4 is 5.32 Å². The van der Waals surface area contributed by atoms with Crippen LogP contribution in [-0.2, 0) is 9.53 Å². The van der Waals surface area contributed by atoms with Gasteiger partial charge in [-0.25, -0.2) is 9.59 Å². The third-order valence-corrected chi connectivity index (χ3v) is 2.48. The van der Waals surface area contributed by atoms with Crippen molar-refractivity contribution in [3.63, 3.8) is 0 Å². The predicted molar refractivity (Wildman–Crippen MR) is 61.8 cm³/mol. The van der Waals surface area contributed by atoms with Gasteiger partial charge in [0.05, 0.1) is 0 Å². The zero-order valence-corrected chi connectivity index (χ0v) is 10.7. The van der Waals surface area contributed by atoms with Crippen LogP contribution in [0, 0.1) is 0 Å². The zero-order chi connectivity index (χ0) is 13.2. The van der Waals surface area contributed by atoms with Crippen LogP contribution in [0.1, 0.15) is 27.7 Å². The summed E-state index contributed by atoms with van der Waals surface area (Å²) in [5, 5.41) is 12.1. The average Bonchev–Trinajstić information content (AvgIpc) is 2.13. The minimum atomic E-state index is -1.02. The van der Waals surface area contributed by atoms with Gasteiger partial charge in [-0.05, 0) is 27.7 Å². The Morgan fingerprint density at radius 2 is 1.94 bits per heavy atom. The van der Waals surface area contributed by atoms with Crippen LogP contribution in [0.3, 0.4) is 0 Å². The zero-order valence-electron chi connectivity index (χ0n) is 10.7. The van der Waals surface area contributed by atoms with Crippen LogP contribution in [0.15, 0.2) is 0 Å². The van der Waals surface area contributed by atoms with Crippen molar-refractivity contribution in [2.24, 2.45) is 0 Å². The summed E-state index contributed by atoms with van der Waals surface area (Å²) in [5.41, 5.74) is -0.620. The number of carboxylic acids is 1. The van der Waals surface area contributed by atoms with E-state index in [0.717, 1.165) is 0 Å². The van der Waals surface area contributed by atoms with Gasteiger partial charge in [-0.1, -0.05) is 0 Å². The van der Waals surface area contributed by atoms with Crippen LogP contribution in [0.5, 0.6) is 0 Å². The van der Waals surface area contributed by atoms with E-state index in [1.54, 1.807) is 27.7 Å². The van der Waals surface area contributed by atoms with Crippen molar-refractivity contribution >= 4 is 12.1 Å². The summed E-state index contributed by atoms with van der Waals surface area (Å²) in [6.07, 6.45) is -0.570. The first-order valence-electron chi connectivity index (χ1n) is 5.67. The lowest BCUT2D eigenvalue weighted by Crippen LogP contribution is -2.61. The topological polar surface area (TPSA) is 78.9 Å². The Morgan fingerprint density at radius 3 is 2.41 bits per heavy atom. The van der Waals surface area contributed by atoms with Crippen molar-refractivity contribution in [1.82, 2.24) is 10.2 Å². The molecule has 0 aliphatic carbocycles. The highest BCUT2D eigenvalue weighted by Crippen LogP contribution is 2.16. The smallest absolute Gasteiger partial charge is 0.411 e. The molecule has 0 aromatic carbocycles. The summed E-state index contributed by atoms with van der Waals surface area (Å²) in [5.74, 6) is -1.02. The molecule has 0 radical (unpaired) electrons. The van der Waals surface area contributed by atoms with Gasteiger partial charge in [0, 0.05) is 19.1 Å². The quantitative estimate of drug-likeness (QED) is 0.708.